The molecular weight excluding hydrogens is 418 g/mol. The van der Waals surface area contributed by atoms with Gasteiger partial charge in [0.15, 0.2) is 6.10 Å². The number of rotatable bonds is 7. The van der Waals surface area contributed by atoms with Crippen LogP contribution in [0.3, 0.4) is 0 Å². The first-order valence-corrected chi connectivity index (χ1v) is 10.4. The third-order valence-electron chi connectivity index (χ3n) is 5.55. The van der Waals surface area contributed by atoms with Gasteiger partial charge in [-0.3, -0.25) is 9.36 Å². The van der Waals surface area contributed by atoms with Crippen LogP contribution in [-0.4, -0.2) is 36.9 Å². The lowest BCUT2D eigenvalue weighted by atomic mass is 9.99. The van der Waals surface area contributed by atoms with E-state index in [-0.39, 0.29) is 0 Å². The Morgan fingerprint density at radius 1 is 0.667 bits per heavy atom. The van der Waals surface area contributed by atoms with E-state index in [9.17, 15) is 9.90 Å². The van der Waals surface area contributed by atoms with Gasteiger partial charge in [-0.05, 0) is 53.1 Å². The summed E-state index contributed by atoms with van der Waals surface area (Å²) in [4.78, 5) is 13.2. The Bertz CT molecular complexity index is 1160. The van der Waals surface area contributed by atoms with Gasteiger partial charge in [0, 0.05) is 23.5 Å². The number of ether oxygens (including phenoxy) is 3. The van der Waals surface area contributed by atoms with E-state index in [4.69, 9.17) is 14.2 Å². The third kappa shape index (κ3) is 4.61. The highest BCUT2D eigenvalue weighted by atomic mass is 16.5. The number of methoxy groups -OCH3 is 3. The molecule has 33 heavy (non-hydrogen) atoms. The van der Waals surface area contributed by atoms with Crippen molar-refractivity contribution in [2.45, 2.75) is 6.10 Å². The number of aliphatic hydroxyl groups is 1. The van der Waals surface area contributed by atoms with Crippen molar-refractivity contribution < 1.29 is 24.1 Å². The topological polar surface area (TPSA) is 69.9 Å². The summed E-state index contributed by atoms with van der Waals surface area (Å²) in [6, 6.07) is 22.0. The molecule has 0 bridgehead atoms. The summed E-state index contributed by atoms with van der Waals surface area (Å²) in [5.41, 5.74) is 4.06. The zero-order chi connectivity index (χ0) is 23.4. The Morgan fingerprint density at radius 3 is 1.39 bits per heavy atom. The van der Waals surface area contributed by atoms with Crippen molar-refractivity contribution in [2.75, 3.05) is 21.3 Å². The van der Waals surface area contributed by atoms with Gasteiger partial charge < -0.3 is 19.3 Å². The molecule has 4 rings (SSSR count). The van der Waals surface area contributed by atoms with Crippen LogP contribution in [0.25, 0.3) is 22.3 Å². The average Bonchev–Trinajstić information content (AvgIpc) is 3.33. The van der Waals surface area contributed by atoms with Crippen LogP contribution in [0.15, 0.2) is 85.2 Å². The number of hydrogen-bond acceptors (Lipinski definition) is 5. The van der Waals surface area contributed by atoms with E-state index in [1.165, 1.54) is 4.57 Å². The lowest BCUT2D eigenvalue weighted by Gasteiger charge is -2.11. The fraction of sp³-hybridized carbons (Fsp3) is 0.148. The maximum absolute atomic E-state index is 13.2. The quantitative estimate of drug-likeness (QED) is 0.424. The van der Waals surface area contributed by atoms with Crippen LogP contribution in [0.5, 0.6) is 17.2 Å². The van der Waals surface area contributed by atoms with Crippen molar-refractivity contribution in [1.29, 1.82) is 0 Å². The van der Waals surface area contributed by atoms with Crippen molar-refractivity contribution in [3.63, 3.8) is 0 Å². The van der Waals surface area contributed by atoms with E-state index >= 15 is 0 Å². The Labute approximate surface area is 192 Å². The Kier molecular flexibility index (Phi) is 6.47. The Morgan fingerprint density at radius 2 is 1.03 bits per heavy atom. The molecule has 4 aromatic rings. The summed E-state index contributed by atoms with van der Waals surface area (Å²) in [5, 5.41) is 10.7. The molecule has 0 spiro atoms. The molecule has 3 aromatic carbocycles. The van der Waals surface area contributed by atoms with E-state index in [1.807, 2.05) is 48.5 Å². The fourth-order valence-corrected chi connectivity index (χ4v) is 3.65. The fourth-order valence-electron chi connectivity index (χ4n) is 3.65. The molecule has 6 heteroatoms. The van der Waals surface area contributed by atoms with E-state index in [0.717, 1.165) is 33.8 Å². The number of benzene rings is 3. The van der Waals surface area contributed by atoms with E-state index < -0.39 is 12.0 Å². The number of hydrogen-bond donors (Lipinski definition) is 1. The van der Waals surface area contributed by atoms with Crippen molar-refractivity contribution >= 4 is 5.91 Å². The van der Waals surface area contributed by atoms with E-state index in [1.54, 1.807) is 58.0 Å². The molecule has 1 unspecified atom stereocenters. The lowest BCUT2D eigenvalue weighted by molar-refractivity contribution is 0.0654. The number of carbonyl (C=O) groups is 1. The van der Waals surface area contributed by atoms with Gasteiger partial charge in [-0.1, -0.05) is 36.4 Å². The molecule has 0 amide bonds. The monoisotopic (exact) mass is 443 g/mol. The number of aliphatic hydroxyl groups excluding tert-OH is 1. The number of aromatic nitrogens is 1. The second-order valence-electron chi connectivity index (χ2n) is 7.46. The summed E-state index contributed by atoms with van der Waals surface area (Å²) in [7, 11) is 4.80. The summed E-state index contributed by atoms with van der Waals surface area (Å²) in [6.45, 7) is 0. The maximum atomic E-state index is 13.2. The standard InChI is InChI=1S/C27H25NO5/c1-31-21-10-4-18(5-11-21)24-16-28(17-25(24)19-6-12-22(32-2)13-7-19)27(30)26(29)20-8-14-23(33-3)15-9-20/h4-17,26,29H,1-3H3. The first kappa shape index (κ1) is 22.2. The zero-order valence-electron chi connectivity index (χ0n) is 18.7. The zero-order valence-corrected chi connectivity index (χ0v) is 18.7. The van der Waals surface area contributed by atoms with Gasteiger partial charge in [-0.15, -0.1) is 0 Å². The highest BCUT2D eigenvalue weighted by Crippen LogP contribution is 2.35. The first-order valence-electron chi connectivity index (χ1n) is 10.4. The van der Waals surface area contributed by atoms with Gasteiger partial charge in [0.05, 0.1) is 21.3 Å². The summed E-state index contributed by atoms with van der Waals surface area (Å²) in [6.07, 6.45) is 2.18. The van der Waals surface area contributed by atoms with E-state index in [2.05, 4.69) is 0 Å². The molecule has 0 aliphatic rings. The van der Waals surface area contributed by atoms with Gasteiger partial charge in [0.25, 0.3) is 5.91 Å². The number of nitrogens with zero attached hydrogens (tertiary/aromatic N) is 1. The average molecular weight is 443 g/mol. The van der Waals surface area contributed by atoms with Crippen LogP contribution in [0.1, 0.15) is 16.5 Å². The Balaban J connectivity index is 1.74. The molecule has 0 fully saturated rings. The van der Waals surface area contributed by atoms with Gasteiger partial charge in [0.1, 0.15) is 17.2 Å². The highest BCUT2D eigenvalue weighted by molar-refractivity contribution is 5.91. The minimum atomic E-state index is -1.31. The predicted molar refractivity (Wildman–Crippen MR) is 127 cm³/mol. The van der Waals surface area contributed by atoms with Crippen LogP contribution < -0.4 is 14.2 Å². The first-order chi connectivity index (χ1) is 16.0. The summed E-state index contributed by atoms with van der Waals surface area (Å²) < 4.78 is 17.1. The van der Waals surface area contributed by atoms with Crippen LogP contribution >= 0.6 is 0 Å². The second-order valence-corrected chi connectivity index (χ2v) is 7.46. The largest absolute Gasteiger partial charge is 0.497 e. The molecule has 168 valence electrons. The van der Waals surface area contributed by atoms with Crippen molar-refractivity contribution in [3.8, 4) is 39.5 Å². The number of carbonyl (C=O) groups excluding carboxylic acids is 1. The van der Waals surface area contributed by atoms with Crippen LogP contribution in [-0.2, 0) is 0 Å². The third-order valence-corrected chi connectivity index (χ3v) is 5.55. The molecule has 6 nitrogen and oxygen atoms in total. The maximum Gasteiger partial charge on any atom is 0.264 e. The van der Waals surface area contributed by atoms with Crippen molar-refractivity contribution in [2.24, 2.45) is 0 Å². The molecule has 1 heterocycles. The predicted octanol–water partition coefficient (Wildman–Crippen LogP) is 5.22. The molecular formula is C27H25NO5. The van der Waals surface area contributed by atoms with Gasteiger partial charge in [-0.25, -0.2) is 0 Å². The van der Waals surface area contributed by atoms with Crippen molar-refractivity contribution in [3.05, 3.63) is 90.8 Å². The van der Waals surface area contributed by atoms with Crippen LogP contribution in [0.4, 0.5) is 0 Å². The van der Waals surface area contributed by atoms with E-state index in [0.29, 0.717) is 11.3 Å². The smallest absolute Gasteiger partial charge is 0.264 e. The molecule has 0 aliphatic carbocycles. The molecule has 0 radical (unpaired) electrons. The van der Waals surface area contributed by atoms with Gasteiger partial charge >= 0.3 is 0 Å². The normalized spacial score (nSPS) is 11.6. The minimum Gasteiger partial charge on any atom is -0.497 e. The molecule has 1 aromatic heterocycles. The SMILES string of the molecule is COc1ccc(-c2cn(C(=O)C(O)c3ccc(OC)cc3)cc2-c2ccc(OC)cc2)cc1. The molecule has 1 N–H and O–H groups in total. The second kappa shape index (κ2) is 9.63. The molecule has 1 atom stereocenters. The van der Waals surface area contributed by atoms with Crippen LogP contribution in [0, 0.1) is 0 Å². The highest BCUT2D eigenvalue weighted by Gasteiger charge is 2.22. The molecule has 0 aliphatic heterocycles. The van der Waals surface area contributed by atoms with Crippen LogP contribution in [0.2, 0.25) is 0 Å². The van der Waals surface area contributed by atoms with Gasteiger partial charge in [0.2, 0.25) is 0 Å². The van der Waals surface area contributed by atoms with Gasteiger partial charge in [-0.2, -0.15) is 0 Å². The summed E-state index contributed by atoms with van der Waals surface area (Å²) >= 11 is 0. The Hall–Kier alpha value is -4.03. The minimum absolute atomic E-state index is 0.449. The molecule has 0 saturated carbocycles. The lowest BCUT2D eigenvalue weighted by Crippen LogP contribution is -2.18. The van der Waals surface area contributed by atoms with Crippen molar-refractivity contribution in [1.82, 2.24) is 4.57 Å². The summed E-state index contributed by atoms with van der Waals surface area (Å²) in [5.74, 6) is 1.70. The molecule has 0 saturated heterocycles.